The minimum atomic E-state index is -4.09. The van der Waals surface area contributed by atoms with Crippen LogP contribution < -0.4 is 51.9 Å². The van der Waals surface area contributed by atoms with Gasteiger partial charge in [0, 0.05) is 0 Å². The molecular formula is C66H60O2Si5. The zero-order chi connectivity index (χ0) is 49.9. The Morgan fingerprint density at radius 3 is 0.534 bits per heavy atom. The Labute approximate surface area is 436 Å². The van der Waals surface area contributed by atoms with E-state index in [0.29, 0.717) is 13.2 Å². The summed E-state index contributed by atoms with van der Waals surface area (Å²) in [5.74, 6) is 0. The summed E-state index contributed by atoms with van der Waals surface area (Å²) in [5.41, 5.74) is 0. The standard InChI is InChI=1S/C66H60O2Si5/c1-3-55-67-69(57-35-15-5-16-36-57,58-37-17-6-18-38-58)71(61-43-23-9-24-44-61,62-45-25-10-26-46-62)73(65-51-31-13-32-52-65,66-53-33-14-34-54-66)72(63-47-27-11-28-48-63,64-49-29-12-30-50-64)70(68-56-4-2,59-39-19-7-20-40-59)60-41-21-8-22-42-60/h3-54H,1-2,55-56H2. The van der Waals surface area contributed by atoms with E-state index < -0.39 is 37.0 Å². The Morgan fingerprint density at radius 1 is 0.219 bits per heavy atom. The molecule has 7 heteroatoms. The van der Waals surface area contributed by atoms with Crippen molar-refractivity contribution in [3.8, 4) is 0 Å². The SMILES string of the molecule is C=CCO[Si](c1ccccc1)(c1ccccc1)[Si](c1ccccc1)(c1ccccc1)[Si](c1ccccc1)(c1ccccc1)[Si](c1ccccc1)(c1ccccc1)[Si](OCC=C)(c1ccccc1)c1ccccc1. The van der Waals surface area contributed by atoms with Crippen LogP contribution in [-0.2, 0) is 8.85 Å². The molecule has 0 unspecified atom stereocenters. The van der Waals surface area contributed by atoms with Crippen molar-refractivity contribution in [2.24, 2.45) is 0 Å². The normalized spacial score (nSPS) is 12.2. The van der Waals surface area contributed by atoms with Gasteiger partial charge in [-0.05, 0) is 20.7 Å². The van der Waals surface area contributed by atoms with Crippen molar-refractivity contribution in [3.05, 3.63) is 329 Å². The topological polar surface area (TPSA) is 18.5 Å². The van der Waals surface area contributed by atoms with Crippen LogP contribution in [0.15, 0.2) is 329 Å². The average molecular weight is 1030 g/mol. The van der Waals surface area contributed by atoms with Crippen LogP contribution in [0, 0.1) is 0 Å². The van der Waals surface area contributed by atoms with Crippen LogP contribution in [0.25, 0.3) is 0 Å². The van der Waals surface area contributed by atoms with Crippen LogP contribution in [0.5, 0.6) is 0 Å². The van der Waals surface area contributed by atoms with E-state index in [-0.39, 0.29) is 0 Å². The fourth-order valence-corrected chi connectivity index (χ4v) is 121. The van der Waals surface area contributed by atoms with E-state index in [1.807, 2.05) is 12.2 Å². The third kappa shape index (κ3) is 7.96. The lowest BCUT2D eigenvalue weighted by atomic mass is 10.4. The Morgan fingerprint density at radius 2 is 0.370 bits per heavy atom. The zero-order valence-electron chi connectivity index (χ0n) is 41.2. The molecule has 0 aliphatic carbocycles. The van der Waals surface area contributed by atoms with Crippen LogP contribution in [0.2, 0.25) is 0 Å². The molecule has 10 rings (SSSR count). The van der Waals surface area contributed by atoms with Gasteiger partial charge in [-0.3, -0.25) is 0 Å². The van der Waals surface area contributed by atoms with Gasteiger partial charge < -0.3 is 8.85 Å². The van der Waals surface area contributed by atoms with Gasteiger partial charge >= 0.3 is 0 Å². The minimum Gasteiger partial charge on any atom is -0.406 e. The van der Waals surface area contributed by atoms with Crippen molar-refractivity contribution in [2.75, 3.05) is 13.2 Å². The van der Waals surface area contributed by atoms with Crippen molar-refractivity contribution in [2.45, 2.75) is 0 Å². The molecule has 0 radical (unpaired) electrons. The molecule has 0 amide bonds. The molecule has 0 bridgehead atoms. The fraction of sp³-hybridized carbons (Fsp3) is 0.0303. The predicted octanol–water partition coefficient (Wildman–Crippen LogP) is 8.01. The third-order valence-electron chi connectivity index (χ3n) is 15.0. The van der Waals surface area contributed by atoms with Gasteiger partial charge in [-0.15, -0.1) is 13.2 Å². The summed E-state index contributed by atoms with van der Waals surface area (Å²) in [6, 6.07) is 116. The number of hydrogen-bond donors (Lipinski definition) is 0. The van der Waals surface area contributed by atoms with Gasteiger partial charge in [-0.2, -0.15) is 0 Å². The van der Waals surface area contributed by atoms with Crippen LogP contribution in [0.4, 0.5) is 0 Å². The molecule has 0 heterocycles. The van der Waals surface area contributed by atoms with Crippen LogP contribution >= 0.6 is 0 Å². The van der Waals surface area contributed by atoms with E-state index in [2.05, 4.69) is 316 Å². The molecule has 10 aromatic rings. The molecule has 356 valence electrons. The quantitative estimate of drug-likeness (QED) is 0.0570. The van der Waals surface area contributed by atoms with E-state index in [0.717, 1.165) is 0 Å². The van der Waals surface area contributed by atoms with Crippen molar-refractivity contribution < 1.29 is 8.85 Å². The van der Waals surface area contributed by atoms with Crippen LogP contribution in [0.1, 0.15) is 0 Å². The second-order valence-corrected chi connectivity index (χ2v) is 54.3. The fourth-order valence-electron chi connectivity index (χ4n) is 12.8. The van der Waals surface area contributed by atoms with E-state index in [1.165, 1.54) is 51.9 Å². The monoisotopic (exact) mass is 1020 g/mol. The molecule has 73 heavy (non-hydrogen) atoms. The van der Waals surface area contributed by atoms with Crippen molar-refractivity contribution in [1.82, 2.24) is 0 Å². The van der Waals surface area contributed by atoms with Gasteiger partial charge in [-0.1, -0.05) is 347 Å². The first kappa shape index (κ1) is 49.3. The zero-order valence-corrected chi connectivity index (χ0v) is 46.2. The first-order chi connectivity index (χ1) is 36.2. The Hall–Kier alpha value is -7.32. The maximum absolute atomic E-state index is 8.54. The average Bonchev–Trinajstić information content (AvgIpc) is 3.49. The molecule has 0 aliphatic rings. The molecular weight excluding hydrogens is 965 g/mol. The first-order valence-electron chi connectivity index (χ1n) is 25.2. The Bertz CT molecular complexity index is 2920. The highest BCUT2D eigenvalue weighted by Crippen LogP contribution is 2.41. The van der Waals surface area contributed by atoms with Crippen molar-refractivity contribution in [3.63, 3.8) is 0 Å². The smallest absolute Gasteiger partial charge is 0.249 e. The Balaban J connectivity index is 1.70. The molecule has 0 fully saturated rings. The van der Waals surface area contributed by atoms with E-state index >= 15 is 0 Å². The van der Waals surface area contributed by atoms with Gasteiger partial charge in [0.1, 0.15) is 7.11 Å². The van der Waals surface area contributed by atoms with Crippen LogP contribution in [0.3, 0.4) is 0 Å². The maximum atomic E-state index is 8.54. The summed E-state index contributed by atoms with van der Waals surface area (Å²) >= 11 is 0. The highest BCUT2D eigenvalue weighted by molar-refractivity contribution is 8.06. The second kappa shape index (κ2) is 22.2. The maximum Gasteiger partial charge on any atom is 0.249 e. The molecule has 10 aromatic carbocycles. The summed E-state index contributed by atoms with van der Waals surface area (Å²) < 4.78 is 17.1. The summed E-state index contributed by atoms with van der Waals surface area (Å²) in [7, 11) is -20.0. The van der Waals surface area contributed by atoms with Gasteiger partial charge in [-0.25, -0.2) is 0 Å². The highest BCUT2D eigenvalue weighted by atomic mass is 29.9. The minimum absolute atomic E-state index is 0.344. The third-order valence-corrected chi connectivity index (χ3v) is 84.5. The summed E-state index contributed by atoms with van der Waals surface area (Å²) in [6.07, 6.45) is 3.96. The van der Waals surface area contributed by atoms with Crippen molar-refractivity contribution >= 4 is 88.9 Å². The lowest BCUT2D eigenvalue weighted by Crippen LogP contribution is -3.12. The molecule has 0 saturated carbocycles. The predicted molar refractivity (Wildman–Crippen MR) is 322 cm³/mol. The van der Waals surface area contributed by atoms with Crippen LogP contribution in [-0.4, -0.2) is 50.2 Å². The molecule has 0 aromatic heterocycles. The summed E-state index contributed by atoms with van der Waals surface area (Å²) in [5, 5.41) is 13.0. The van der Waals surface area contributed by atoms with E-state index in [1.54, 1.807) is 0 Å². The number of hydrogen-bond acceptors (Lipinski definition) is 2. The molecule has 0 saturated heterocycles. The molecule has 0 atom stereocenters. The molecule has 0 N–H and O–H groups in total. The summed E-state index contributed by atoms with van der Waals surface area (Å²) in [6.45, 7) is 9.61. The number of benzene rings is 10. The van der Waals surface area contributed by atoms with Crippen molar-refractivity contribution in [1.29, 1.82) is 0 Å². The largest absolute Gasteiger partial charge is 0.406 e. The molecule has 0 spiro atoms. The highest BCUT2D eigenvalue weighted by Gasteiger charge is 2.84. The van der Waals surface area contributed by atoms with E-state index in [9.17, 15) is 0 Å². The van der Waals surface area contributed by atoms with Gasteiger partial charge in [0.15, 0.2) is 14.2 Å². The number of rotatable bonds is 20. The first-order valence-corrected chi connectivity index (χ1v) is 39.0. The van der Waals surface area contributed by atoms with E-state index in [4.69, 9.17) is 8.85 Å². The van der Waals surface area contributed by atoms with Gasteiger partial charge in [0.2, 0.25) is 15.7 Å². The van der Waals surface area contributed by atoms with Gasteiger partial charge in [0.25, 0.3) is 0 Å². The van der Waals surface area contributed by atoms with Gasteiger partial charge in [0.05, 0.1) is 13.2 Å². The summed E-state index contributed by atoms with van der Waals surface area (Å²) in [4.78, 5) is 0. The molecule has 2 nitrogen and oxygen atoms in total. The lowest BCUT2D eigenvalue weighted by Gasteiger charge is -2.66. The lowest BCUT2D eigenvalue weighted by molar-refractivity contribution is 0.375. The molecule has 0 aliphatic heterocycles. The second-order valence-electron chi connectivity index (χ2n) is 18.5. The Kier molecular flexibility index (Phi) is 15.0.